The van der Waals surface area contributed by atoms with Gasteiger partial charge in [-0.3, -0.25) is 9.69 Å². The molecule has 1 amide bonds. The number of fused-ring (bicyclic) bond motifs is 1. The molecule has 1 aliphatic heterocycles. The molecule has 1 saturated heterocycles. The van der Waals surface area contributed by atoms with Crippen LogP contribution in [0.1, 0.15) is 12.1 Å². The van der Waals surface area contributed by atoms with E-state index < -0.39 is 12.0 Å². The number of ether oxygens (including phenoxy) is 1. The van der Waals surface area contributed by atoms with Crippen molar-refractivity contribution in [1.82, 2.24) is 9.88 Å². The number of carboxylic acid groups (broad SMARTS) is 1. The van der Waals surface area contributed by atoms with Crippen molar-refractivity contribution in [2.75, 3.05) is 19.1 Å². The van der Waals surface area contributed by atoms with E-state index in [9.17, 15) is 14.7 Å². The van der Waals surface area contributed by atoms with Gasteiger partial charge >= 0.3 is 5.97 Å². The fourth-order valence-electron chi connectivity index (χ4n) is 2.80. The van der Waals surface area contributed by atoms with E-state index in [2.05, 4.69) is 4.98 Å². The average Bonchev–Trinajstić information content (AvgIpc) is 2.95. The summed E-state index contributed by atoms with van der Waals surface area (Å²) in [6, 6.07) is 8.30. The van der Waals surface area contributed by atoms with Crippen LogP contribution in [0.15, 0.2) is 35.2 Å². The Balaban J connectivity index is 1.88. The quantitative estimate of drug-likeness (QED) is 0.523. The Hall–Kier alpha value is -2.10. The van der Waals surface area contributed by atoms with Gasteiger partial charge in [-0.25, -0.2) is 9.78 Å². The lowest BCUT2D eigenvalue weighted by molar-refractivity contribution is -0.145. The van der Waals surface area contributed by atoms with Gasteiger partial charge in [-0.05, 0) is 48.8 Å². The number of benzene rings is 1. The summed E-state index contributed by atoms with van der Waals surface area (Å²) in [5.74, 6) is -0.0691. The predicted octanol–water partition coefficient (Wildman–Crippen LogP) is 3.65. The SMILES string of the molecule is COc1ccc2nc(/C=C3/SC(=S)N([C@@H](CCSC)C(=O)O)C3=O)ccc2c1. The van der Waals surface area contributed by atoms with Crippen LogP contribution in [0.4, 0.5) is 0 Å². The van der Waals surface area contributed by atoms with Crippen molar-refractivity contribution in [3.8, 4) is 5.75 Å². The molecule has 6 nitrogen and oxygen atoms in total. The first-order valence-corrected chi connectivity index (χ1v) is 11.0. The summed E-state index contributed by atoms with van der Waals surface area (Å²) in [7, 11) is 1.61. The molecule has 28 heavy (non-hydrogen) atoms. The number of hydrogen-bond acceptors (Lipinski definition) is 7. The molecule has 1 aromatic carbocycles. The Morgan fingerprint density at radius 2 is 2.21 bits per heavy atom. The van der Waals surface area contributed by atoms with Crippen LogP contribution in [0.2, 0.25) is 0 Å². The molecule has 1 fully saturated rings. The van der Waals surface area contributed by atoms with E-state index in [1.165, 1.54) is 16.7 Å². The van der Waals surface area contributed by atoms with E-state index in [0.29, 0.717) is 22.8 Å². The number of carboxylic acids is 1. The lowest BCUT2D eigenvalue weighted by Gasteiger charge is -2.22. The van der Waals surface area contributed by atoms with Crippen molar-refractivity contribution in [2.24, 2.45) is 0 Å². The Morgan fingerprint density at radius 3 is 2.89 bits per heavy atom. The highest BCUT2D eigenvalue weighted by molar-refractivity contribution is 8.26. The van der Waals surface area contributed by atoms with E-state index in [0.717, 1.165) is 28.4 Å². The number of thiocarbonyl (C=S) groups is 1. The number of amides is 1. The van der Waals surface area contributed by atoms with Gasteiger partial charge in [0, 0.05) is 5.39 Å². The second-order valence-corrected chi connectivity index (χ2v) is 8.64. The third kappa shape index (κ3) is 4.31. The van der Waals surface area contributed by atoms with Crippen molar-refractivity contribution in [1.29, 1.82) is 0 Å². The third-order valence-electron chi connectivity index (χ3n) is 4.21. The normalized spacial score (nSPS) is 16.8. The molecule has 1 N–H and O–H groups in total. The zero-order chi connectivity index (χ0) is 20.3. The standard InChI is InChI=1S/C19H18N2O4S3/c1-25-13-5-6-14-11(9-13)3-4-12(20-14)10-16-17(22)21(19(26)28-16)15(18(23)24)7-8-27-2/h3-6,9-10,15H,7-8H2,1-2H3,(H,23,24)/b16-10+/t15-/m0/s1. The van der Waals surface area contributed by atoms with Crippen molar-refractivity contribution in [3.05, 3.63) is 40.9 Å². The number of pyridine rings is 1. The number of hydrogen-bond donors (Lipinski definition) is 1. The van der Waals surface area contributed by atoms with E-state index in [1.807, 2.05) is 30.5 Å². The van der Waals surface area contributed by atoms with E-state index in [4.69, 9.17) is 17.0 Å². The van der Waals surface area contributed by atoms with Gasteiger partial charge in [0.1, 0.15) is 16.1 Å². The topological polar surface area (TPSA) is 79.7 Å². The van der Waals surface area contributed by atoms with Crippen molar-refractivity contribution in [3.63, 3.8) is 0 Å². The molecule has 1 aromatic heterocycles. The molecule has 2 heterocycles. The summed E-state index contributed by atoms with van der Waals surface area (Å²) < 4.78 is 5.47. The van der Waals surface area contributed by atoms with E-state index in [-0.39, 0.29) is 10.2 Å². The maximum absolute atomic E-state index is 12.8. The molecule has 0 unspecified atom stereocenters. The van der Waals surface area contributed by atoms with Gasteiger partial charge in [0.2, 0.25) is 0 Å². The first-order chi connectivity index (χ1) is 13.4. The molecule has 1 atom stereocenters. The van der Waals surface area contributed by atoms with Crippen LogP contribution < -0.4 is 4.74 Å². The minimum atomic E-state index is -1.05. The summed E-state index contributed by atoms with van der Waals surface area (Å²) in [4.78, 5) is 30.6. The monoisotopic (exact) mass is 434 g/mol. The fourth-order valence-corrected chi connectivity index (χ4v) is 4.60. The van der Waals surface area contributed by atoms with Gasteiger partial charge in [-0.15, -0.1) is 0 Å². The Kier molecular flexibility index (Phi) is 6.58. The van der Waals surface area contributed by atoms with Crippen LogP contribution in [0.25, 0.3) is 17.0 Å². The predicted molar refractivity (Wildman–Crippen MR) is 118 cm³/mol. The maximum atomic E-state index is 12.8. The van der Waals surface area contributed by atoms with Crippen LogP contribution in [-0.2, 0) is 9.59 Å². The fraction of sp³-hybridized carbons (Fsp3) is 0.263. The van der Waals surface area contributed by atoms with Gasteiger partial charge in [-0.1, -0.05) is 30.0 Å². The molecule has 2 aromatic rings. The molecule has 1 aliphatic rings. The summed E-state index contributed by atoms with van der Waals surface area (Å²) in [6.07, 6.45) is 3.88. The number of nitrogens with zero attached hydrogens (tertiary/aromatic N) is 2. The molecule has 9 heteroatoms. The number of aliphatic carboxylic acids is 1. The summed E-state index contributed by atoms with van der Waals surface area (Å²) in [6.45, 7) is 0. The highest BCUT2D eigenvalue weighted by atomic mass is 32.2. The molecule has 0 spiro atoms. The Morgan fingerprint density at radius 1 is 1.43 bits per heavy atom. The number of aromatic nitrogens is 1. The molecule has 0 bridgehead atoms. The van der Waals surface area contributed by atoms with Crippen molar-refractivity contribution < 1.29 is 19.4 Å². The third-order valence-corrected chi connectivity index (χ3v) is 6.19. The van der Waals surface area contributed by atoms with Gasteiger partial charge in [0.15, 0.2) is 0 Å². The highest BCUT2D eigenvalue weighted by Crippen LogP contribution is 2.35. The number of thioether (sulfide) groups is 2. The molecular weight excluding hydrogens is 416 g/mol. The van der Waals surface area contributed by atoms with Gasteiger partial charge < -0.3 is 9.84 Å². The molecule has 0 aliphatic carbocycles. The van der Waals surface area contributed by atoms with Gasteiger partial charge in [0.25, 0.3) is 5.91 Å². The minimum absolute atomic E-state index is 0.260. The number of rotatable bonds is 7. The zero-order valence-corrected chi connectivity index (χ0v) is 17.7. The van der Waals surface area contributed by atoms with Crippen LogP contribution in [-0.4, -0.2) is 56.3 Å². The van der Waals surface area contributed by atoms with Gasteiger partial charge in [0.05, 0.1) is 23.2 Å². The lowest BCUT2D eigenvalue weighted by Crippen LogP contribution is -2.44. The summed E-state index contributed by atoms with van der Waals surface area (Å²) in [5, 5.41) is 10.4. The van der Waals surface area contributed by atoms with Crippen molar-refractivity contribution in [2.45, 2.75) is 12.5 Å². The Bertz CT molecular complexity index is 977. The van der Waals surface area contributed by atoms with E-state index in [1.54, 1.807) is 19.3 Å². The van der Waals surface area contributed by atoms with E-state index >= 15 is 0 Å². The highest BCUT2D eigenvalue weighted by Gasteiger charge is 2.40. The first kappa shape index (κ1) is 20.6. The van der Waals surface area contributed by atoms with Crippen LogP contribution in [0.3, 0.4) is 0 Å². The minimum Gasteiger partial charge on any atom is -0.497 e. The van der Waals surface area contributed by atoms with Crippen LogP contribution in [0, 0.1) is 0 Å². The summed E-state index contributed by atoms with van der Waals surface area (Å²) >= 11 is 7.92. The first-order valence-electron chi connectivity index (χ1n) is 8.38. The summed E-state index contributed by atoms with van der Waals surface area (Å²) in [5.41, 5.74) is 1.38. The Labute approximate surface area is 176 Å². The second-order valence-electron chi connectivity index (χ2n) is 5.98. The number of carbonyl (C=O) groups is 2. The van der Waals surface area contributed by atoms with Crippen LogP contribution in [0.5, 0.6) is 5.75 Å². The largest absolute Gasteiger partial charge is 0.497 e. The molecular formula is C19H18N2O4S3. The molecule has 0 radical (unpaired) electrons. The molecule has 146 valence electrons. The van der Waals surface area contributed by atoms with Crippen molar-refractivity contribution >= 4 is 68.9 Å². The number of methoxy groups -OCH3 is 1. The van der Waals surface area contributed by atoms with Gasteiger partial charge in [-0.2, -0.15) is 11.8 Å². The zero-order valence-electron chi connectivity index (χ0n) is 15.2. The smallest absolute Gasteiger partial charge is 0.326 e. The maximum Gasteiger partial charge on any atom is 0.326 e. The average molecular weight is 435 g/mol. The molecule has 3 rings (SSSR count). The number of carbonyl (C=O) groups excluding carboxylic acids is 1. The lowest BCUT2D eigenvalue weighted by atomic mass is 10.1. The second kappa shape index (κ2) is 8.93. The molecule has 0 saturated carbocycles. The van der Waals surface area contributed by atoms with Crippen LogP contribution >= 0.6 is 35.7 Å².